The molecule has 3 N–H and O–H groups in total. The van der Waals surface area contributed by atoms with Crippen LogP contribution in [0.15, 0.2) is 71.3 Å². The Labute approximate surface area is 223 Å². The zero-order valence-electron chi connectivity index (χ0n) is 21.2. The summed E-state index contributed by atoms with van der Waals surface area (Å²) < 4.78 is 7.34. The first-order valence-electron chi connectivity index (χ1n) is 12.0. The normalized spacial score (nSPS) is 11.6. The van der Waals surface area contributed by atoms with Crippen LogP contribution in [0.3, 0.4) is 0 Å². The van der Waals surface area contributed by atoms with Gasteiger partial charge < -0.3 is 19.4 Å². The van der Waals surface area contributed by atoms with Crippen LogP contribution in [0.25, 0.3) is 21.7 Å². The van der Waals surface area contributed by atoms with Crippen molar-refractivity contribution < 1.29 is 19.1 Å². The summed E-state index contributed by atoms with van der Waals surface area (Å²) in [7, 11) is 0. The number of thiophene rings is 1. The zero-order valence-corrected chi connectivity index (χ0v) is 22.0. The van der Waals surface area contributed by atoms with Crippen LogP contribution < -0.4 is 10.6 Å². The maximum Gasteiger partial charge on any atom is 0.268 e. The SMILES string of the molecule is Cc1ncc(-c2ccc(C(=O)Nc3nc4cc(NCC(=O)c5ccccc5)ccc4n3CC(C)(C)O)s2)o1. The highest BCUT2D eigenvalue weighted by Crippen LogP contribution is 2.30. The van der Waals surface area contributed by atoms with Crippen molar-refractivity contribution in [1.82, 2.24) is 14.5 Å². The number of aliphatic hydroxyl groups is 1. The average molecular weight is 530 g/mol. The molecule has 0 atom stereocenters. The first kappa shape index (κ1) is 25.4. The fourth-order valence-electron chi connectivity index (χ4n) is 4.02. The number of hydrogen-bond donors (Lipinski definition) is 3. The van der Waals surface area contributed by atoms with Gasteiger partial charge in [0, 0.05) is 18.2 Å². The Kier molecular flexibility index (Phi) is 6.83. The van der Waals surface area contributed by atoms with Crippen molar-refractivity contribution in [3.63, 3.8) is 0 Å². The summed E-state index contributed by atoms with van der Waals surface area (Å²) in [5.74, 6) is 1.12. The molecule has 0 aliphatic carbocycles. The highest BCUT2D eigenvalue weighted by atomic mass is 32.1. The molecule has 2 aromatic carbocycles. The maximum atomic E-state index is 13.1. The van der Waals surface area contributed by atoms with Crippen molar-refractivity contribution in [2.45, 2.75) is 32.9 Å². The molecule has 5 aromatic rings. The van der Waals surface area contributed by atoms with Crippen molar-refractivity contribution >= 4 is 45.7 Å². The van der Waals surface area contributed by atoms with Crippen LogP contribution in [-0.2, 0) is 6.54 Å². The van der Waals surface area contributed by atoms with E-state index in [-0.39, 0.29) is 24.8 Å². The molecule has 0 unspecified atom stereocenters. The van der Waals surface area contributed by atoms with Gasteiger partial charge >= 0.3 is 0 Å². The largest absolute Gasteiger partial charge is 0.440 e. The van der Waals surface area contributed by atoms with E-state index >= 15 is 0 Å². The fraction of sp³-hybridized carbons (Fsp3) is 0.214. The van der Waals surface area contributed by atoms with Gasteiger partial charge in [0.15, 0.2) is 17.4 Å². The Balaban J connectivity index is 1.38. The molecule has 0 spiro atoms. The molecular formula is C28H27N5O4S. The Morgan fingerprint density at radius 2 is 1.89 bits per heavy atom. The molecule has 0 aliphatic heterocycles. The Bertz CT molecular complexity index is 1610. The van der Waals surface area contributed by atoms with Crippen molar-refractivity contribution in [3.05, 3.63) is 83.2 Å². The lowest BCUT2D eigenvalue weighted by Gasteiger charge is -2.20. The van der Waals surface area contributed by atoms with Crippen molar-refractivity contribution in [2.24, 2.45) is 0 Å². The summed E-state index contributed by atoms with van der Waals surface area (Å²) in [6.07, 6.45) is 1.63. The van der Waals surface area contributed by atoms with Gasteiger partial charge in [-0.05, 0) is 44.2 Å². The first-order valence-corrected chi connectivity index (χ1v) is 12.9. The molecule has 194 valence electrons. The van der Waals surface area contributed by atoms with Gasteiger partial charge in [0.1, 0.15) is 0 Å². The third-order valence-corrected chi connectivity index (χ3v) is 6.86. The number of hydrogen-bond acceptors (Lipinski definition) is 8. The van der Waals surface area contributed by atoms with Crippen molar-refractivity contribution in [3.8, 4) is 10.6 Å². The van der Waals surface area contributed by atoms with Crippen LogP contribution in [0.2, 0.25) is 0 Å². The van der Waals surface area contributed by atoms with E-state index in [9.17, 15) is 14.7 Å². The molecule has 0 fully saturated rings. The molecule has 0 saturated carbocycles. The average Bonchev–Trinajstić information content (AvgIpc) is 3.61. The monoisotopic (exact) mass is 529 g/mol. The van der Waals surface area contributed by atoms with Crippen LogP contribution in [0, 0.1) is 6.92 Å². The number of Topliss-reactive ketones (excluding diaryl/α,β-unsaturated/α-hetero) is 1. The number of nitrogens with one attached hydrogen (secondary N) is 2. The van der Waals surface area contributed by atoms with Gasteiger partial charge in [-0.1, -0.05) is 30.3 Å². The fourth-order valence-corrected chi connectivity index (χ4v) is 4.87. The second-order valence-corrected chi connectivity index (χ2v) is 10.6. The predicted molar refractivity (Wildman–Crippen MR) is 148 cm³/mol. The quantitative estimate of drug-likeness (QED) is 0.219. The smallest absolute Gasteiger partial charge is 0.268 e. The summed E-state index contributed by atoms with van der Waals surface area (Å²) in [5, 5.41) is 16.6. The molecule has 3 aromatic heterocycles. The molecule has 0 radical (unpaired) electrons. The molecule has 10 heteroatoms. The Morgan fingerprint density at radius 1 is 1.11 bits per heavy atom. The lowest BCUT2D eigenvalue weighted by Crippen LogP contribution is -2.27. The summed E-state index contributed by atoms with van der Waals surface area (Å²) in [5.41, 5.74) is 1.66. The maximum absolute atomic E-state index is 13.1. The molecule has 5 rings (SSSR count). The molecule has 38 heavy (non-hydrogen) atoms. The van der Waals surface area contributed by atoms with Gasteiger partial charge in [-0.25, -0.2) is 9.97 Å². The molecule has 0 aliphatic rings. The number of anilines is 2. The van der Waals surface area contributed by atoms with Gasteiger partial charge in [-0.3, -0.25) is 14.9 Å². The van der Waals surface area contributed by atoms with Crippen LogP contribution in [0.1, 0.15) is 39.8 Å². The van der Waals surface area contributed by atoms with E-state index in [2.05, 4.69) is 20.6 Å². The van der Waals surface area contributed by atoms with E-state index in [1.165, 1.54) is 11.3 Å². The lowest BCUT2D eigenvalue weighted by molar-refractivity contribution is 0.0630. The summed E-state index contributed by atoms with van der Waals surface area (Å²) in [6.45, 7) is 5.50. The molecule has 0 bridgehead atoms. The van der Waals surface area contributed by atoms with Crippen molar-refractivity contribution in [2.75, 3.05) is 17.2 Å². The number of nitrogens with zero attached hydrogens (tertiary/aromatic N) is 3. The number of aryl methyl sites for hydroxylation is 1. The van der Waals surface area contributed by atoms with Crippen LogP contribution >= 0.6 is 11.3 Å². The topological polar surface area (TPSA) is 122 Å². The highest BCUT2D eigenvalue weighted by molar-refractivity contribution is 7.17. The minimum atomic E-state index is -1.05. The summed E-state index contributed by atoms with van der Waals surface area (Å²) in [4.78, 5) is 35.6. The third-order valence-electron chi connectivity index (χ3n) is 5.76. The summed E-state index contributed by atoms with van der Waals surface area (Å²) in [6, 6.07) is 18.2. The number of carbonyl (C=O) groups excluding carboxylic acids is 2. The van der Waals surface area contributed by atoms with E-state index in [1.807, 2.05) is 42.5 Å². The number of imidazole rings is 1. The van der Waals surface area contributed by atoms with E-state index in [0.717, 1.165) is 16.1 Å². The standard InChI is InChI=1S/C28H27N5O4S/c1-17-29-15-23(37-17)24-11-12-25(38-24)26(35)32-27-31-20-13-19(9-10-21(20)33(27)16-28(2,3)36)30-14-22(34)18-7-5-4-6-8-18/h4-13,15,30,36H,14,16H2,1-3H3,(H,31,32,35). The molecule has 1 amide bonds. The molecule has 9 nitrogen and oxygen atoms in total. The lowest BCUT2D eigenvalue weighted by atomic mass is 10.1. The third kappa shape index (κ3) is 5.66. The minimum Gasteiger partial charge on any atom is -0.440 e. The van der Waals surface area contributed by atoms with Crippen LogP contribution in [-0.4, -0.2) is 43.5 Å². The minimum absolute atomic E-state index is 0.0259. The van der Waals surface area contributed by atoms with E-state index in [0.29, 0.717) is 33.6 Å². The number of fused-ring (bicyclic) bond motifs is 1. The number of rotatable bonds is 9. The number of oxazole rings is 1. The molecular weight excluding hydrogens is 502 g/mol. The number of aromatic nitrogens is 3. The second-order valence-electron chi connectivity index (χ2n) is 9.54. The Hall–Kier alpha value is -4.28. The number of ketones is 1. The predicted octanol–water partition coefficient (Wildman–Crippen LogP) is 5.38. The van der Waals surface area contributed by atoms with E-state index < -0.39 is 5.60 Å². The van der Waals surface area contributed by atoms with Crippen molar-refractivity contribution in [1.29, 1.82) is 0 Å². The first-order chi connectivity index (χ1) is 18.2. The van der Waals surface area contributed by atoms with Gasteiger partial charge in [-0.15, -0.1) is 11.3 Å². The van der Waals surface area contributed by atoms with Crippen LogP contribution in [0.4, 0.5) is 11.6 Å². The molecule has 3 heterocycles. The van der Waals surface area contributed by atoms with E-state index in [1.54, 1.807) is 49.7 Å². The highest BCUT2D eigenvalue weighted by Gasteiger charge is 2.22. The number of benzene rings is 2. The van der Waals surface area contributed by atoms with E-state index in [4.69, 9.17) is 4.42 Å². The summed E-state index contributed by atoms with van der Waals surface area (Å²) >= 11 is 1.29. The van der Waals surface area contributed by atoms with Gasteiger partial charge in [0.2, 0.25) is 5.95 Å². The zero-order chi connectivity index (χ0) is 26.9. The van der Waals surface area contributed by atoms with Gasteiger partial charge in [0.05, 0.1) is 45.7 Å². The van der Waals surface area contributed by atoms with Crippen LogP contribution in [0.5, 0.6) is 0 Å². The molecule has 0 saturated heterocycles. The van der Waals surface area contributed by atoms with Gasteiger partial charge in [0.25, 0.3) is 5.91 Å². The number of amides is 1. The Morgan fingerprint density at radius 3 is 2.61 bits per heavy atom. The number of carbonyl (C=O) groups is 2. The second kappa shape index (κ2) is 10.2. The van der Waals surface area contributed by atoms with Gasteiger partial charge in [-0.2, -0.15) is 0 Å².